The van der Waals surface area contributed by atoms with Gasteiger partial charge >= 0.3 is 12.3 Å². The van der Waals surface area contributed by atoms with Crippen molar-refractivity contribution in [2.75, 3.05) is 14.2 Å². The quantitative estimate of drug-likeness (QED) is 0.101. The standard InChI is InChI=1S/C24H25N5O4S.2C4H10.2CH2O3.H3N/c1-15(2)34(30,31)18-8-6-17(7-9-18)20-13-26-14-21(27-20)24-29-28-23(33-24)19-10-5-16(12-25-3)11-22(19)32-4;2*1-4(2)3;2*2-1(3)4;/h5-11,13-15,25H,12H2,1-4H3;2*4H,1-3H3;2*(H2,2,3,4);1H3. The van der Waals surface area contributed by atoms with Gasteiger partial charge in [0, 0.05) is 12.1 Å². The van der Waals surface area contributed by atoms with Crippen molar-refractivity contribution in [1.29, 1.82) is 0 Å². The second-order valence-corrected chi connectivity index (χ2v) is 14.4. The van der Waals surface area contributed by atoms with Crippen LogP contribution in [0.25, 0.3) is 34.3 Å². The Labute approximate surface area is 299 Å². The summed E-state index contributed by atoms with van der Waals surface area (Å²) in [5.74, 6) is 2.81. The van der Waals surface area contributed by atoms with Crippen LogP contribution < -0.4 is 16.2 Å². The van der Waals surface area contributed by atoms with E-state index in [1.165, 1.54) is 6.20 Å². The van der Waals surface area contributed by atoms with Crippen LogP contribution in [0.2, 0.25) is 0 Å². The number of aromatic nitrogens is 4. The topological polar surface area (TPSA) is 270 Å². The van der Waals surface area contributed by atoms with Crippen LogP contribution in [0.15, 0.2) is 64.2 Å². The monoisotopic (exact) mass is 736 g/mol. The highest BCUT2D eigenvalue weighted by molar-refractivity contribution is 7.92. The van der Waals surface area contributed by atoms with Crippen molar-refractivity contribution < 1.29 is 47.6 Å². The Morgan fingerprint density at radius 1 is 0.804 bits per heavy atom. The number of methoxy groups -OCH3 is 1. The van der Waals surface area contributed by atoms with E-state index in [2.05, 4.69) is 67.0 Å². The minimum Gasteiger partial charge on any atom is -0.496 e. The predicted molar refractivity (Wildman–Crippen MR) is 195 cm³/mol. The molecule has 8 N–H and O–H groups in total. The van der Waals surface area contributed by atoms with E-state index in [4.69, 9.17) is 39.2 Å². The Kier molecular flexibility index (Phi) is 22.7. The molecule has 17 heteroatoms. The molecule has 16 nitrogen and oxygen atoms in total. The zero-order chi connectivity index (χ0) is 38.6. The van der Waals surface area contributed by atoms with Crippen LogP contribution in [-0.2, 0) is 16.4 Å². The molecule has 0 amide bonds. The number of carboxylic acid groups (broad SMARTS) is 4. The van der Waals surface area contributed by atoms with Gasteiger partial charge in [0.1, 0.15) is 11.4 Å². The number of carbonyl (C=O) groups is 2. The van der Waals surface area contributed by atoms with E-state index in [0.29, 0.717) is 35.1 Å². The SMILES string of the molecule is CC(C)C.CC(C)C.CNCc1ccc(-c2nnc(-c3cncc(-c4ccc(S(=O)(=O)C(C)C)cc4)n3)o2)c(OC)c1.N.O=C(O)O.O=C(O)O. The molecule has 4 aromatic rings. The molecule has 0 aliphatic carbocycles. The van der Waals surface area contributed by atoms with Crippen molar-refractivity contribution >= 4 is 22.1 Å². The molecule has 0 aliphatic heterocycles. The van der Waals surface area contributed by atoms with Gasteiger partial charge in [-0.3, -0.25) is 4.98 Å². The third-order valence-electron chi connectivity index (χ3n) is 5.26. The van der Waals surface area contributed by atoms with Crippen molar-refractivity contribution in [2.45, 2.75) is 72.1 Å². The van der Waals surface area contributed by atoms with Gasteiger partial charge in [0.2, 0.25) is 0 Å². The lowest BCUT2D eigenvalue weighted by atomic mass is 10.1. The molecule has 0 aliphatic rings. The average Bonchev–Trinajstić information content (AvgIpc) is 3.50. The Morgan fingerprint density at radius 2 is 1.27 bits per heavy atom. The lowest BCUT2D eigenvalue weighted by molar-refractivity contribution is 0.135. The largest absolute Gasteiger partial charge is 0.503 e. The molecule has 0 atom stereocenters. The van der Waals surface area contributed by atoms with Crippen LogP contribution in [0.4, 0.5) is 9.59 Å². The fourth-order valence-electron chi connectivity index (χ4n) is 3.36. The van der Waals surface area contributed by atoms with Gasteiger partial charge in [0.25, 0.3) is 11.8 Å². The normalized spacial score (nSPS) is 10.1. The molecule has 0 radical (unpaired) electrons. The summed E-state index contributed by atoms with van der Waals surface area (Å²) in [5.41, 5.74) is 3.42. The molecule has 0 saturated carbocycles. The van der Waals surface area contributed by atoms with E-state index in [1.807, 2.05) is 25.2 Å². The summed E-state index contributed by atoms with van der Waals surface area (Å²) in [7, 11) is 0.120. The number of rotatable bonds is 8. The summed E-state index contributed by atoms with van der Waals surface area (Å²) in [6.45, 7) is 17.0. The fraction of sp³-hybridized carbons (Fsp3) is 0.412. The minimum absolute atomic E-state index is 0. The number of hydrogen-bond acceptors (Lipinski definition) is 12. The molecule has 0 bridgehead atoms. The number of nitrogens with zero attached hydrogens (tertiary/aromatic N) is 4. The third kappa shape index (κ3) is 19.0. The highest BCUT2D eigenvalue weighted by atomic mass is 32.2. The van der Waals surface area contributed by atoms with Gasteiger partial charge < -0.3 is 41.0 Å². The van der Waals surface area contributed by atoms with Gasteiger partial charge in [-0.05, 0) is 62.6 Å². The molecule has 2 heterocycles. The molecular formula is C34H52N6O10S. The maximum atomic E-state index is 12.4. The summed E-state index contributed by atoms with van der Waals surface area (Å²) in [5, 5.41) is 38.8. The molecule has 0 spiro atoms. The van der Waals surface area contributed by atoms with E-state index in [0.717, 1.165) is 23.0 Å². The molecule has 0 fully saturated rings. The van der Waals surface area contributed by atoms with Gasteiger partial charge in [-0.2, -0.15) is 0 Å². The first-order chi connectivity index (χ1) is 23.3. The molecule has 2 aromatic heterocycles. The summed E-state index contributed by atoms with van der Waals surface area (Å²) in [6, 6.07) is 12.3. The number of benzene rings is 2. The lowest BCUT2D eigenvalue weighted by Gasteiger charge is -2.08. The Bertz CT molecular complexity index is 1680. The zero-order valence-corrected chi connectivity index (χ0v) is 31.6. The first-order valence-corrected chi connectivity index (χ1v) is 17.0. The van der Waals surface area contributed by atoms with Gasteiger partial charge in [-0.15, -0.1) is 10.2 Å². The summed E-state index contributed by atoms with van der Waals surface area (Å²) in [6.07, 6.45) is -0.540. The molecule has 0 saturated heterocycles. The van der Waals surface area contributed by atoms with Gasteiger partial charge in [-0.25, -0.2) is 23.0 Å². The molecule has 0 unspecified atom stereocenters. The molecule has 4 rings (SSSR count). The van der Waals surface area contributed by atoms with Crippen LogP contribution in [0.5, 0.6) is 5.75 Å². The van der Waals surface area contributed by atoms with Crippen LogP contribution >= 0.6 is 0 Å². The fourth-order valence-corrected chi connectivity index (χ4v) is 4.42. The maximum absolute atomic E-state index is 12.4. The molecule has 284 valence electrons. The highest BCUT2D eigenvalue weighted by Gasteiger charge is 2.20. The van der Waals surface area contributed by atoms with Gasteiger partial charge in [-0.1, -0.05) is 59.7 Å². The van der Waals surface area contributed by atoms with Crippen molar-refractivity contribution in [3.05, 3.63) is 60.4 Å². The van der Waals surface area contributed by atoms with Crippen molar-refractivity contribution in [3.8, 4) is 40.0 Å². The lowest BCUT2D eigenvalue weighted by Crippen LogP contribution is -2.13. The van der Waals surface area contributed by atoms with E-state index >= 15 is 0 Å². The zero-order valence-electron chi connectivity index (χ0n) is 30.8. The number of nitrogens with one attached hydrogen (secondary N) is 1. The number of hydrogen-bond donors (Lipinski definition) is 6. The minimum atomic E-state index is -3.35. The van der Waals surface area contributed by atoms with Crippen molar-refractivity contribution in [1.82, 2.24) is 31.6 Å². The predicted octanol–water partition coefficient (Wildman–Crippen LogP) is 7.70. The first-order valence-electron chi connectivity index (χ1n) is 15.4. The maximum Gasteiger partial charge on any atom is 0.503 e. The van der Waals surface area contributed by atoms with Crippen LogP contribution in [-0.4, -0.2) is 80.7 Å². The smallest absolute Gasteiger partial charge is 0.496 e. The van der Waals surface area contributed by atoms with E-state index in [-0.39, 0.29) is 16.9 Å². The van der Waals surface area contributed by atoms with Crippen LogP contribution in [0.1, 0.15) is 61.0 Å². The van der Waals surface area contributed by atoms with Crippen LogP contribution in [0, 0.1) is 11.8 Å². The van der Waals surface area contributed by atoms with Gasteiger partial charge in [0.15, 0.2) is 9.84 Å². The molecule has 2 aromatic carbocycles. The van der Waals surface area contributed by atoms with E-state index in [1.54, 1.807) is 51.4 Å². The second-order valence-electron chi connectivity index (χ2n) is 11.9. The number of ether oxygens (including phenoxy) is 1. The van der Waals surface area contributed by atoms with E-state index in [9.17, 15) is 8.42 Å². The number of sulfone groups is 1. The highest BCUT2D eigenvalue weighted by Crippen LogP contribution is 2.32. The van der Waals surface area contributed by atoms with Crippen molar-refractivity contribution in [2.24, 2.45) is 11.8 Å². The Morgan fingerprint density at radius 3 is 1.73 bits per heavy atom. The Hall–Kier alpha value is -5.13. The van der Waals surface area contributed by atoms with Crippen LogP contribution in [0.3, 0.4) is 0 Å². The summed E-state index contributed by atoms with van der Waals surface area (Å²) < 4.78 is 36.1. The second kappa shape index (κ2) is 24.1. The molecule has 51 heavy (non-hydrogen) atoms. The van der Waals surface area contributed by atoms with E-state index < -0.39 is 27.4 Å². The Balaban J connectivity index is 0. The summed E-state index contributed by atoms with van der Waals surface area (Å²) in [4.78, 5) is 26.2. The van der Waals surface area contributed by atoms with Gasteiger partial charge in [0.05, 0.1) is 40.9 Å². The van der Waals surface area contributed by atoms with Crippen molar-refractivity contribution in [3.63, 3.8) is 0 Å². The third-order valence-corrected chi connectivity index (χ3v) is 7.43. The average molecular weight is 737 g/mol. The first kappa shape index (κ1) is 48.0. The summed E-state index contributed by atoms with van der Waals surface area (Å²) >= 11 is 0. The molecular weight excluding hydrogens is 684 g/mol.